The van der Waals surface area contributed by atoms with E-state index in [9.17, 15) is 22.7 Å². The second-order valence-corrected chi connectivity index (χ2v) is 7.94. The summed E-state index contributed by atoms with van der Waals surface area (Å²) in [6.45, 7) is 3.18. The number of hydrogen-bond donors (Lipinski definition) is 3. The van der Waals surface area contributed by atoms with Gasteiger partial charge in [0.15, 0.2) is 0 Å². The van der Waals surface area contributed by atoms with Gasteiger partial charge in [0.2, 0.25) is 0 Å². The van der Waals surface area contributed by atoms with Gasteiger partial charge in [-0.15, -0.1) is 0 Å². The molecule has 3 N–H and O–H groups in total. The average molecular weight is 440 g/mol. The quantitative estimate of drug-likeness (QED) is 0.523. The Labute approximate surface area is 174 Å². The van der Waals surface area contributed by atoms with Crippen LogP contribution in [0.2, 0.25) is 0 Å². The fourth-order valence-electron chi connectivity index (χ4n) is 3.34. The maximum Gasteiger partial charge on any atom is 0.431 e. The molecule has 0 aliphatic carbocycles. The Morgan fingerprint density at radius 2 is 2.03 bits per heavy atom. The molecule has 4 rings (SSSR count). The SMILES string of the molecule is CC(C)(O)COC1COc2cc(F)ccc2C1Nc1ncnc2[nH]c(C(F)(F)F)cc12. The number of aliphatic hydroxyl groups is 1. The van der Waals surface area contributed by atoms with Crippen LogP contribution < -0.4 is 10.1 Å². The molecular weight excluding hydrogens is 420 g/mol. The number of hydrogen-bond acceptors (Lipinski definition) is 6. The van der Waals surface area contributed by atoms with Crippen molar-refractivity contribution in [3.63, 3.8) is 0 Å². The summed E-state index contributed by atoms with van der Waals surface area (Å²) in [5, 5.41) is 13.3. The highest BCUT2D eigenvalue weighted by Crippen LogP contribution is 2.38. The van der Waals surface area contributed by atoms with Gasteiger partial charge in [0.25, 0.3) is 0 Å². The molecule has 1 aliphatic rings. The maximum absolute atomic E-state index is 13.7. The second-order valence-electron chi connectivity index (χ2n) is 7.94. The highest BCUT2D eigenvalue weighted by molar-refractivity contribution is 5.88. The zero-order chi connectivity index (χ0) is 22.4. The molecule has 2 unspecified atom stereocenters. The minimum absolute atomic E-state index is 0.0166. The van der Waals surface area contributed by atoms with Crippen LogP contribution in [0.3, 0.4) is 0 Å². The molecule has 1 aliphatic heterocycles. The molecule has 1 aromatic carbocycles. The molecule has 0 bridgehead atoms. The number of fused-ring (bicyclic) bond motifs is 2. The van der Waals surface area contributed by atoms with Crippen molar-refractivity contribution in [1.29, 1.82) is 0 Å². The number of rotatable bonds is 5. The molecule has 0 saturated heterocycles. The Morgan fingerprint density at radius 1 is 1.26 bits per heavy atom. The Morgan fingerprint density at radius 3 is 2.74 bits per heavy atom. The number of aromatic nitrogens is 3. The van der Waals surface area contributed by atoms with E-state index in [1.54, 1.807) is 13.8 Å². The Bertz CT molecular complexity index is 1090. The molecule has 0 spiro atoms. The van der Waals surface area contributed by atoms with Crippen LogP contribution in [0, 0.1) is 5.82 Å². The van der Waals surface area contributed by atoms with Crippen molar-refractivity contribution >= 4 is 16.9 Å². The third-order valence-electron chi connectivity index (χ3n) is 4.76. The van der Waals surface area contributed by atoms with Crippen LogP contribution in [0.25, 0.3) is 11.0 Å². The van der Waals surface area contributed by atoms with Crippen molar-refractivity contribution in [2.75, 3.05) is 18.5 Å². The Hall–Kier alpha value is -2.92. The molecule has 11 heteroatoms. The van der Waals surface area contributed by atoms with Crippen LogP contribution in [0.4, 0.5) is 23.4 Å². The van der Waals surface area contributed by atoms with Gasteiger partial charge in [-0.3, -0.25) is 0 Å². The molecule has 3 aromatic rings. The standard InChI is InChI=1S/C20H20F4N4O3/c1-19(2,29)8-31-14-7-30-13-5-10(21)3-4-11(13)16(14)28-18-12-6-15(20(22,23)24)27-17(12)25-9-26-18/h3-6,9,14,16,29H,7-8H2,1-2H3,(H2,25,26,27,28). The number of aromatic amines is 1. The van der Waals surface area contributed by atoms with E-state index in [0.29, 0.717) is 5.56 Å². The summed E-state index contributed by atoms with van der Waals surface area (Å²) in [6.07, 6.45) is -4.06. The summed E-state index contributed by atoms with van der Waals surface area (Å²) >= 11 is 0. The predicted octanol–water partition coefficient (Wildman–Crippen LogP) is 3.82. The van der Waals surface area contributed by atoms with E-state index in [-0.39, 0.29) is 35.8 Å². The first-order chi connectivity index (χ1) is 14.5. The first-order valence-electron chi connectivity index (χ1n) is 9.45. The normalized spacial score (nSPS) is 19.2. The lowest BCUT2D eigenvalue weighted by Crippen LogP contribution is -2.40. The van der Waals surface area contributed by atoms with Crippen molar-refractivity contribution in [2.45, 2.75) is 37.8 Å². The minimum atomic E-state index is -4.57. The number of nitrogens with zero attached hydrogens (tertiary/aromatic N) is 2. The number of anilines is 1. The van der Waals surface area contributed by atoms with Crippen molar-refractivity contribution in [2.24, 2.45) is 0 Å². The summed E-state index contributed by atoms with van der Waals surface area (Å²) in [7, 11) is 0. The van der Waals surface area contributed by atoms with E-state index < -0.39 is 35.4 Å². The van der Waals surface area contributed by atoms with Gasteiger partial charge in [-0.1, -0.05) is 6.07 Å². The first-order valence-corrected chi connectivity index (χ1v) is 9.45. The zero-order valence-electron chi connectivity index (χ0n) is 16.6. The van der Waals surface area contributed by atoms with Gasteiger partial charge in [0.1, 0.15) is 47.8 Å². The monoisotopic (exact) mass is 440 g/mol. The van der Waals surface area contributed by atoms with E-state index in [2.05, 4.69) is 20.3 Å². The maximum atomic E-state index is 13.7. The van der Waals surface area contributed by atoms with Gasteiger partial charge >= 0.3 is 6.18 Å². The van der Waals surface area contributed by atoms with Gasteiger partial charge in [-0.05, 0) is 26.0 Å². The van der Waals surface area contributed by atoms with Gasteiger partial charge < -0.3 is 24.9 Å². The molecule has 0 saturated carbocycles. The third kappa shape index (κ3) is 4.57. The summed E-state index contributed by atoms with van der Waals surface area (Å²) in [4.78, 5) is 10.2. The fourth-order valence-corrected chi connectivity index (χ4v) is 3.34. The number of benzene rings is 1. The van der Waals surface area contributed by atoms with E-state index in [4.69, 9.17) is 9.47 Å². The van der Waals surface area contributed by atoms with Crippen molar-refractivity contribution in [3.8, 4) is 5.75 Å². The number of nitrogens with one attached hydrogen (secondary N) is 2. The van der Waals surface area contributed by atoms with E-state index in [1.807, 2.05) is 0 Å². The smallest absolute Gasteiger partial charge is 0.431 e. The van der Waals surface area contributed by atoms with Crippen molar-refractivity contribution < 1.29 is 32.1 Å². The number of ether oxygens (including phenoxy) is 2. The van der Waals surface area contributed by atoms with E-state index in [1.165, 1.54) is 18.2 Å². The molecule has 0 fully saturated rings. The van der Waals surface area contributed by atoms with Crippen LogP contribution in [0.1, 0.15) is 31.1 Å². The Balaban J connectivity index is 1.72. The Kier molecular flexibility index (Phi) is 5.26. The molecule has 2 aromatic heterocycles. The number of halogens is 4. The van der Waals surface area contributed by atoms with Crippen LogP contribution >= 0.6 is 0 Å². The van der Waals surface area contributed by atoms with E-state index in [0.717, 1.165) is 12.4 Å². The van der Waals surface area contributed by atoms with Crippen molar-refractivity contribution in [1.82, 2.24) is 15.0 Å². The van der Waals surface area contributed by atoms with Crippen LogP contribution in [0.5, 0.6) is 5.75 Å². The highest BCUT2D eigenvalue weighted by atomic mass is 19.4. The summed E-state index contributed by atoms with van der Waals surface area (Å²) < 4.78 is 64.5. The lowest BCUT2D eigenvalue weighted by Gasteiger charge is -2.35. The van der Waals surface area contributed by atoms with Crippen molar-refractivity contribution in [3.05, 3.63) is 47.7 Å². The lowest BCUT2D eigenvalue weighted by molar-refractivity contribution is -0.140. The van der Waals surface area contributed by atoms with Gasteiger partial charge in [0, 0.05) is 11.6 Å². The number of H-pyrrole nitrogens is 1. The largest absolute Gasteiger partial charge is 0.490 e. The molecule has 0 amide bonds. The van der Waals surface area contributed by atoms with Gasteiger partial charge in [-0.25, -0.2) is 14.4 Å². The summed E-state index contributed by atoms with van der Waals surface area (Å²) in [5.41, 5.74) is -1.50. The number of alkyl halides is 3. The first kappa shape index (κ1) is 21.3. The lowest BCUT2D eigenvalue weighted by atomic mass is 9.97. The highest BCUT2D eigenvalue weighted by Gasteiger charge is 2.36. The van der Waals surface area contributed by atoms with Gasteiger partial charge in [-0.2, -0.15) is 13.2 Å². The molecule has 0 radical (unpaired) electrons. The molecule has 2 atom stereocenters. The van der Waals surface area contributed by atoms with Crippen LogP contribution in [-0.2, 0) is 10.9 Å². The predicted molar refractivity (Wildman–Crippen MR) is 103 cm³/mol. The topological polar surface area (TPSA) is 92.3 Å². The fraction of sp³-hybridized carbons (Fsp3) is 0.400. The summed E-state index contributed by atoms with van der Waals surface area (Å²) in [6, 6.07) is 4.29. The summed E-state index contributed by atoms with van der Waals surface area (Å²) in [5.74, 6) is -0.0509. The average Bonchev–Trinajstić information content (AvgIpc) is 3.12. The molecular formula is C20H20F4N4O3. The van der Waals surface area contributed by atoms with Gasteiger partial charge in [0.05, 0.1) is 23.6 Å². The third-order valence-corrected chi connectivity index (χ3v) is 4.76. The second kappa shape index (κ2) is 7.65. The molecule has 7 nitrogen and oxygen atoms in total. The molecule has 31 heavy (non-hydrogen) atoms. The molecule has 3 heterocycles. The van der Waals surface area contributed by atoms with E-state index >= 15 is 0 Å². The zero-order valence-corrected chi connectivity index (χ0v) is 16.6. The van der Waals surface area contributed by atoms with Crippen LogP contribution in [0.15, 0.2) is 30.6 Å². The minimum Gasteiger partial charge on any atom is -0.490 e. The van der Waals surface area contributed by atoms with Crippen LogP contribution in [-0.4, -0.2) is 45.0 Å². The molecule has 166 valence electrons.